The molecule has 2 amide bonds. The summed E-state index contributed by atoms with van der Waals surface area (Å²) in [5, 5.41) is 2.84. The van der Waals surface area contributed by atoms with Crippen LogP contribution in [0.1, 0.15) is 30.0 Å². The van der Waals surface area contributed by atoms with E-state index < -0.39 is 0 Å². The van der Waals surface area contributed by atoms with Gasteiger partial charge in [0.2, 0.25) is 11.8 Å². The van der Waals surface area contributed by atoms with E-state index in [2.05, 4.69) is 5.32 Å². The molecule has 0 atom stereocenters. The number of halogens is 1. The van der Waals surface area contributed by atoms with Gasteiger partial charge in [0.05, 0.1) is 0 Å². The number of carbonyl (C=O) groups excluding carboxylic acids is 2. The standard InChI is InChI=1S/C21H25FN2O2/c1-16-3-5-19(6-4-16)15-24(17(2)25)14-12-21(26)23-13-11-18-7-9-20(22)10-8-18/h3-10H,11-15H2,1-2H3,(H,23,26). The van der Waals surface area contributed by atoms with Crippen LogP contribution in [0, 0.1) is 12.7 Å². The van der Waals surface area contributed by atoms with Gasteiger partial charge in [0, 0.05) is 33.0 Å². The lowest BCUT2D eigenvalue weighted by Gasteiger charge is -2.21. The number of amides is 2. The SMILES string of the molecule is CC(=O)N(CCC(=O)NCCc1ccc(F)cc1)Cc1ccc(C)cc1. The first-order valence-electron chi connectivity index (χ1n) is 8.76. The summed E-state index contributed by atoms with van der Waals surface area (Å²) in [7, 11) is 0. The summed E-state index contributed by atoms with van der Waals surface area (Å²) >= 11 is 0. The molecular weight excluding hydrogens is 331 g/mol. The predicted molar refractivity (Wildman–Crippen MR) is 100 cm³/mol. The number of hydrogen-bond acceptors (Lipinski definition) is 2. The van der Waals surface area contributed by atoms with E-state index >= 15 is 0 Å². The molecule has 0 aliphatic heterocycles. The summed E-state index contributed by atoms with van der Waals surface area (Å²) in [5.74, 6) is -0.414. The van der Waals surface area contributed by atoms with Crippen molar-refractivity contribution in [2.75, 3.05) is 13.1 Å². The smallest absolute Gasteiger partial charge is 0.221 e. The van der Waals surface area contributed by atoms with Crippen LogP contribution in [-0.2, 0) is 22.6 Å². The van der Waals surface area contributed by atoms with E-state index in [0.29, 0.717) is 26.1 Å². The van der Waals surface area contributed by atoms with Gasteiger partial charge in [0.15, 0.2) is 0 Å². The molecule has 0 fully saturated rings. The van der Waals surface area contributed by atoms with E-state index in [1.165, 1.54) is 24.6 Å². The second-order valence-corrected chi connectivity index (χ2v) is 6.40. The van der Waals surface area contributed by atoms with Gasteiger partial charge in [-0.3, -0.25) is 9.59 Å². The van der Waals surface area contributed by atoms with Crippen molar-refractivity contribution in [2.24, 2.45) is 0 Å². The first kappa shape index (κ1) is 19.6. The van der Waals surface area contributed by atoms with Crippen molar-refractivity contribution in [3.63, 3.8) is 0 Å². The number of hydrogen-bond donors (Lipinski definition) is 1. The summed E-state index contributed by atoms with van der Waals surface area (Å²) in [6.45, 7) is 4.90. The number of benzene rings is 2. The average Bonchev–Trinajstić information content (AvgIpc) is 2.61. The molecule has 0 radical (unpaired) electrons. The van der Waals surface area contributed by atoms with Gasteiger partial charge in [-0.2, -0.15) is 0 Å². The number of aryl methyl sites for hydroxylation is 1. The number of carbonyl (C=O) groups is 2. The van der Waals surface area contributed by atoms with E-state index in [9.17, 15) is 14.0 Å². The van der Waals surface area contributed by atoms with Crippen LogP contribution in [0.4, 0.5) is 4.39 Å². The zero-order valence-corrected chi connectivity index (χ0v) is 15.3. The molecule has 2 aromatic carbocycles. The third-order valence-electron chi connectivity index (χ3n) is 4.20. The molecule has 2 aromatic rings. The summed E-state index contributed by atoms with van der Waals surface area (Å²) in [6.07, 6.45) is 0.903. The van der Waals surface area contributed by atoms with Crippen molar-refractivity contribution < 1.29 is 14.0 Å². The molecule has 2 rings (SSSR count). The summed E-state index contributed by atoms with van der Waals surface area (Å²) < 4.78 is 12.9. The monoisotopic (exact) mass is 356 g/mol. The maximum atomic E-state index is 12.9. The van der Waals surface area contributed by atoms with Crippen molar-refractivity contribution in [1.82, 2.24) is 10.2 Å². The predicted octanol–water partition coefficient (Wildman–Crippen LogP) is 3.23. The van der Waals surface area contributed by atoms with Crippen LogP contribution < -0.4 is 5.32 Å². The minimum atomic E-state index is -0.268. The summed E-state index contributed by atoms with van der Waals surface area (Å²) in [5.41, 5.74) is 3.18. The first-order valence-corrected chi connectivity index (χ1v) is 8.76. The van der Waals surface area contributed by atoms with E-state index in [-0.39, 0.29) is 24.1 Å². The Kier molecular flexibility index (Phi) is 7.33. The van der Waals surface area contributed by atoms with Crippen molar-refractivity contribution in [3.05, 3.63) is 71.0 Å². The molecule has 4 nitrogen and oxygen atoms in total. The molecule has 0 saturated carbocycles. The molecule has 0 aromatic heterocycles. The highest BCUT2D eigenvalue weighted by atomic mass is 19.1. The number of nitrogens with one attached hydrogen (secondary N) is 1. The van der Waals surface area contributed by atoms with Crippen molar-refractivity contribution >= 4 is 11.8 Å². The van der Waals surface area contributed by atoms with Gasteiger partial charge in [-0.1, -0.05) is 42.0 Å². The normalized spacial score (nSPS) is 10.4. The Morgan fingerprint density at radius 2 is 1.62 bits per heavy atom. The molecule has 0 heterocycles. The van der Waals surface area contributed by atoms with Crippen LogP contribution in [0.5, 0.6) is 0 Å². The first-order chi connectivity index (χ1) is 12.4. The van der Waals surface area contributed by atoms with Crippen LogP contribution >= 0.6 is 0 Å². The molecule has 0 unspecified atom stereocenters. The third kappa shape index (κ3) is 6.67. The van der Waals surface area contributed by atoms with Gasteiger partial charge in [-0.25, -0.2) is 4.39 Å². The Balaban J connectivity index is 1.75. The van der Waals surface area contributed by atoms with Crippen LogP contribution in [0.25, 0.3) is 0 Å². The van der Waals surface area contributed by atoms with E-state index in [4.69, 9.17) is 0 Å². The van der Waals surface area contributed by atoms with Crippen LogP contribution in [0.3, 0.4) is 0 Å². The second-order valence-electron chi connectivity index (χ2n) is 6.40. The van der Waals surface area contributed by atoms with Gasteiger partial charge in [0.25, 0.3) is 0 Å². The van der Waals surface area contributed by atoms with Gasteiger partial charge >= 0.3 is 0 Å². The lowest BCUT2D eigenvalue weighted by Crippen LogP contribution is -2.34. The highest BCUT2D eigenvalue weighted by Gasteiger charge is 2.11. The highest BCUT2D eigenvalue weighted by molar-refractivity contribution is 5.78. The number of rotatable bonds is 8. The third-order valence-corrected chi connectivity index (χ3v) is 4.20. The Morgan fingerprint density at radius 3 is 2.23 bits per heavy atom. The van der Waals surface area contributed by atoms with E-state index in [1.807, 2.05) is 31.2 Å². The second kappa shape index (κ2) is 9.70. The van der Waals surface area contributed by atoms with Crippen molar-refractivity contribution in [3.8, 4) is 0 Å². The largest absolute Gasteiger partial charge is 0.356 e. The minimum Gasteiger partial charge on any atom is -0.356 e. The van der Waals surface area contributed by atoms with Crippen LogP contribution in [0.2, 0.25) is 0 Å². The molecule has 0 bridgehead atoms. The van der Waals surface area contributed by atoms with E-state index in [0.717, 1.165) is 11.1 Å². The fourth-order valence-electron chi connectivity index (χ4n) is 2.58. The van der Waals surface area contributed by atoms with E-state index in [1.54, 1.807) is 17.0 Å². The molecule has 138 valence electrons. The Labute approximate surface area is 154 Å². The Bertz CT molecular complexity index is 727. The van der Waals surface area contributed by atoms with Gasteiger partial charge in [-0.15, -0.1) is 0 Å². The lowest BCUT2D eigenvalue weighted by atomic mass is 10.1. The maximum Gasteiger partial charge on any atom is 0.221 e. The zero-order valence-electron chi connectivity index (χ0n) is 15.3. The molecule has 5 heteroatoms. The topological polar surface area (TPSA) is 49.4 Å². The highest BCUT2D eigenvalue weighted by Crippen LogP contribution is 2.08. The molecule has 0 saturated heterocycles. The Hall–Kier alpha value is -2.69. The summed E-state index contributed by atoms with van der Waals surface area (Å²) in [6, 6.07) is 14.2. The lowest BCUT2D eigenvalue weighted by molar-refractivity contribution is -0.130. The fourth-order valence-corrected chi connectivity index (χ4v) is 2.58. The minimum absolute atomic E-state index is 0.0512. The van der Waals surface area contributed by atoms with Gasteiger partial charge in [-0.05, 0) is 36.6 Å². The maximum absolute atomic E-state index is 12.9. The van der Waals surface area contributed by atoms with Crippen molar-refractivity contribution in [2.45, 2.75) is 33.2 Å². The Morgan fingerprint density at radius 1 is 1.00 bits per heavy atom. The van der Waals surface area contributed by atoms with Crippen LogP contribution in [0.15, 0.2) is 48.5 Å². The molecule has 0 spiro atoms. The van der Waals surface area contributed by atoms with Gasteiger partial charge in [0.1, 0.15) is 5.82 Å². The summed E-state index contributed by atoms with van der Waals surface area (Å²) in [4.78, 5) is 25.5. The molecule has 26 heavy (non-hydrogen) atoms. The molecule has 0 aliphatic carbocycles. The average molecular weight is 356 g/mol. The fraction of sp³-hybridized carbons (Fsp3) is 0.333. The zero-order chi connectivity index (χ0) is 18.9. The van der Waals surface area contributed by atoms with Crippen molar-refractivity contribution in [1.29, 1.82) is 0 Å². The number of nitrogens with zero attached hydrogens (tertiary/aromatic N) is 1. The molecular formula is C21H25FN2O2. The molecule has 1 N–H and O–H groups in total. The van der Waals surface area contributed by atoms with Gasteiger partial charge < -0.3 is 10.2 Å². The van der Waals surface area contributed by atoms with Crippen LogP contribution in [-0.4, -0.2) is 29.8 Å². The molecule has 0 aliphatic rings. The quantitative estimate of drug-likeness (QED) is 0.789.